The molecule has 1 fully saturated rings. The largest absolute Gasteiger partial charge is 0.322 e. The average Bonchev–Trinajstić information content (AvgIpc) is 2.85. The van der Waals surface area contributed by atoms with Crippen LogP contribution in [0.2, 0.25) is 0 Å². The monoisotopic (exact) mass is 477 g/mol. The summed E-state index contributed by atoms with van der Waals surface area (Å²) in [6.07, 6.45) is 0. The number of rotatable bonds is 7. The third-order valence-corrected chi connectivity index (χ3v) is 7.75. The summed E-state index contributed by atoms with van der Waals surface area (Å²) in [5, 5.41) is 2.84. The molecule has 34 heavy (non-hydrogen) atoms. The van der Waals surface area contributed by atoms with E-state index in [1.54, 1.807) is 60.7 Å². The summed E-state index contributed by atoms with van der Waals surface area (Å²) in [5.74, 6) is -0.309. The first kappa shape index (κ1) is 23.8. The van der Waals surface area contributed by atoms with Gasteiger partial charge in [0.2, 0.25) is 10.0 Å². The van der Waals surface area contributed by atoms with Crippen molar-refractivity contribution in [2.75, 3.05) is 31.5 Å². The molecule has 7 nitrogen and oxygen atoms in total. The molecule has 0 spiro atoms. The number of anilines is 1. The van der Waals surface area contributed by atoms with E-state index in [0.717, 1.165) is 5.56 Å². The molecule has 1 aliphatic heterocycles. The van der Waals surface area contributed by atoms with Crippen molar-refractivity contribution in [2.45, 2.75) is 18.4 Å². The van der Waals surface area contributed by atoms with Crippen LogP contribution in [0.25, 0.3) is 0 Å². The lowest BCUT2D eigenvalue weighted by Gasteiger charge is -2.34. The molecule has 0 bridgehead atoms. The number of nitrogens with zero attached hydrogens (tertiary/aromatic N) is 2. The molecule has 1 N–H and O–H groups in total. The lowest BCUT2D eigenvalue weighted by molar-refractivity contribution is 0.101. The maximum absolute atomic E-state index is 12.8. The third-order valence-electron chi connectivity index (χ3n) is 5.83. The van der Waals surface area contributed by atoms with E-state index in [9.17, 15) is 18.0 Å². The van der Waals surface area contributed by atoms with Gasteiger partial charge in [0.1, 0.15) is 0 Å². The number of piperazine rings is 1. The maximum atomic E-state index is 12.8. The van der Waals surface area contributed by atoms with E-state index in [-0.39, 0.29) is 11.7 Å². The highest BCUT2D eigenvalue weighted by molar-refractivity contribution is 7.89. The van der Waals surface area contributed by atoms with E-state index in [2.05, 4.69) is 10.2 Å². The van der Waals surface area contributed by atoms with E-state index >= 15 is 0 Å². The lowest BCUT2D eigenvalue weighted by Crippen LogP contribution is -2.48. The summed E-state index contributed by atoms with van der Waals surface area (Å²) in [4.78, 5) is 26.8. The van der Waals surface area contributed by atoms with Crippen LogP contribution in [0.3, 0.4) is 0 Å². The van der Waals surface area contributed by atoms with Crippen LogP contribution in [0.4, 0.5) is 5.69 Å². The van der Waals surface area contributed by atoms with Crippen molar-refractivity contribution >= 4 is 27.4 Å². The topological polar surface area (TPSA) is 86.8 Å². The first-order chi connectivity index (χ1) is 16.3. The standard InChI is InChI=1S/C26H27N3O4S/c1-20(30)22-8-6-10-24(18-22)27-26(31)23-9-5-7-21(17-23)19-28-13-15-29(16-14-28)34(32,33)25-11-3-2-4-12-25/h2-12,17-18H,13-16,19H2,1H3,(H,27,31). The van der Waals surface area contributed by atoms with Gasteiger partial charge in [-0.15, -0.1) is 0 Å². The molecule has 3 aromatic rings. The second kappa shape index (κ2) is 10.3. The number of Topliss-reactive ketones (excluding diaryl/α,β-unsaturated/α-hetero) is 1. The number of carbonyl (C=O) groups excluding carboxylic acids is 2. The smallest absolute Gasteiger partial charge is 0.255 e. The molecule has 1 amide bonds. The molecule has 1 heterocycles. The Kier molecular flexibility index (Phi) is 7.21. The van der Waals surface area contributed by atoms with E-state index in [1.165, 1.54) is 11.2 Å². The summed E-state index contributed by atoms with van der Waals surface area (Å²) in [6, 6.07) is 22.7. The van der Waals surface area contributed by atoms with E-state index in [4.69, 9.17) is 0 Å². The number of benzene rings is 3. The van der Waals surface area contributed by atoms with Crippen LogP contribution in [0.5, 0.6) is 0 Å². The minimum Gasteiger partial charge on any atom is -0.322 e. The van der Waals surface area contributed by atoms with Gasteiger partial charge < -0.3 is 5.32 Å². The highest BCUT2D eigenvalue weighted by atomic mass is 32.2. The summed E-state index contributed by atoms with van der Waals surface area (Å²) in [6.45, 7) is 4.18. The average molecular weight is 478 g/mol. The molecular weight excluding hydrogens is 450 g/mol. The zero-order chi connectivity index (χ0) is 24.1. The second-order valence-corrected chi connectivity index (χ2v) is 10.2. The number of sulfonamides is 1. The summed E-state index contributed by atoms with van der Waals surface area (Å²) < 4.78 is 27.2. The minimum absolute atomic E-state index is 0.0604. The molecule has 0 unspecified atom stereocenters. The number of hydrogen-bond donors (Lipinski definition) is 1. The molecule has 1 aliphatic rings. The zero-order valence-electron chi connectivity index (χ0n) is 19.0. The first-order valence-corrected chi connectivity index (χ1v) is 12.6. The maximum Gasteiger partial charge on any atom is 0.255 e. The fourth-order valence-electron chi connectivity index (χ4n) is 3.96. The summed E-state index contributed by atoms with van der Waals surface area (Å²) in [7, 11) is -3.48. The Morgan fingerprint density at radius 1 is 0.824 bits per heavy atom. The van der Waals surface area contributed by atoms with Crippen LogP contribution in [-0.2, 0) is 16.6 Å². The first-order valence-electron chi connectivity index (χ1n) is 11.1. The second-order valence-electron chi connectivity index (χ2n) is 8.28. The van der Waals surface area contributed by atoms with Gasteiger partial charge in [-0.1, -0.05) is 42.5 Å². The summed E-state index contributed by atoms with van der Waals surface area (Å²) >= 11 is 0. The van der Waals surface area contributed by atoms with E-state index < -0.39 is 10.0 Å². The Balaban J connectivity index is 1.36. The highest BCUT2D eigenvalue weighted by Gasteiger charge is 2.28. The van der Waals surface area contributed by atoms with Gasteiger partial charge in [0.25, 0.3) is 5.91 Å². The van der Waals surface area contributed by atoms with Crippen molar-refractivity contribution in [3.63, 3.8) is 0 Å². The predicted molar refractivity (Wildman–Crippen MR) is 131 cm³/mol. The van der Waals surface area contributed by atoms with Crippen LogP contribution >= 0.6 is 0 Å². The summed E-state index contributed by atoms with van der Waals surface area (Å²) in [5.41, 5.74) is 2.61. The molecule has 8 heteroatoms. The molecule has 0 aromatic heterocycles. The predicted octanol–water partition coefficient (Wildman–Crippen LogP) is 3.65. The fraction of sp³-hybridized carbons (Fsp3) is 0.231. The lowest BCUT2D eigenvalue weighted by atomic mass is 10.1. The van der Waals surface area contributed by atoms with Gasteiger partial charge in [-0.05, 0) is 48.9 Å². The Morgan fingerprint density at radius 2 is 1.50 bits per heavy atom. The molecule has 0 radical (unpaired) electrons. The van der Waals surface area contributed by atoms with Gasteiger partial charge in [0, 0.05) is 49.5 Å². The van der Waals surface area contributed by atoms with Crippen molar-refractivity contribution in [3.8, 4) is 0 Å². The van der Waals surface area contributed by atoms with Gasteiger partial charge in [-0.3, -0.25) is 14.5 Å². The fourth-order valence-corrected chi connectivity index (χ4v) is 5.40. The SMILES string of the molecule is CC(=O)c1cccc(NC(=O)c2cccc(CN3CCN(S(=O)(=O)c4ccccc4)CC3)c2)c1. The Morgan fingerprint density at radius 3 is 2.21 bits per heavy atom. The van der Waals surface area contributed by atoms with E-state index in [1.807, 2.05) is 18.2 Å². The van der Waals surface area contributed by atoms with Gasteiger partial charge in [0.15, 0.2) is 5.78 Å². The molecule has 176 valence electrons. The molecule has 3 aromatic carbocycles. The van der Waals surface area contributed by atoms with Crippen molar-refractivity contribution < 1.29 is 18.0 Å². The third kappa shape index (κ3) is 5.59. The number of ketones is 1. The normalized spacial score (nSPS) is 15.1. The van der Waals surface area contributed by atoms with Crippen molar-refractivity contribution in [3.05, 3.63) is 95.6 Å². The van der Waals surface area contributed by atoms with Gasteiger partial charge in [-0.2, -0.15) is 4.31 Å². The molecule has 4 rings (SSSR count). The van der Waals surface area contributed by atoms with E-state index in [0.29, 0.717) is 54.4 Å². The Labute approximate surface area is 200 Å². The van der Waals surface area contributed by atoms with Crippen LogP contribution < -0.4 is 5.32 Å². The zero-order valence-corrected chi connectivity index (χ0v) is 19.8. The Bertz CT molecular complexity index is 1280. The van der Waals surface area contributed by atoms with Gasteiger partial charge in [0.05, 0.1) is 4.90 Å². The van der Waals surface area contributed by atoms with Crippen molar-refractivity contribution in [1.82, 2.24) is 9.21 Å². The van der Waals surface area contributed by atoms with Crippen molar-refractivity contribution in [1.29, 1.82) is 0 Å². The van der Waals surface area contributed by atoms with Gasteiger partial charge in [-0.25, -0.2) is 8.42 Å². The highest BCUT2D eigenvalue weighted by Crippen LogP contribution is 2.19. The van der Waals surface area contributed by atoms with Gasteiger partial charge >= 0.3 is 0 Å². The number of hydrogen-bond acceptors (Lipinski definition) is 5. The van der Waals surface area contributed by atoms with Crippen LogP contribution in [-0.4, -0.2) is 55.5 Å². The molecule has 0 atom stereocenters. The quantitative estimate of drug-likeness (QED) is 0.525. The van der Waals surface area contributed by atoms with Crippen LogP contribution in [0.1, 0.15) is 33.2 Å². The van der Waals surface area contributed by atoms with Crippen LogP contribution in [0, 0.1) is 0 Å². The molecule has 0 saturated carbocycles. The number of amides is 1. The number of nitrogens with one attached hydrogen (secondary N) is 1. The minimum atomic E-state index is -3.48. The Hall–Kier alpha value is -3.33. The van der Waals surface area contributed by atoms with Crippen LogP contribution in [0.15, 0.2) is 83.8 Å². The number of carbonyl (C=O) groups is 2. The van der Waals surface area contributed by atoms with Crippen molar-refractivity contribution in [2.24, 2.45) is 0 Å². The molecule has 0 aliphatic carbocycles. The molecular formula is C26H27N3O4S. The molecule has 1 saturated heterocycles.